The van der Waals surface area contributed by atoms with Crippen LogP contribution in [0.1, 0.15) is 39.0 Å². The number of hydrogen-bond acceptors (Lipinski definition) is 4. The first kappa shape index (κ1) is 24.3. The van der Waals surface area contributed by atoms with Crippen molar-refractivity contribution >= 4 is 39.8 Å². The Labute approximate surface area is 190 Å². The second-order valence-electron chi connectivity index (χ2n) is 7.57. The number of rotatable bonds is 7. The van der Waals surface area contributed by atoms with Gasteiger partial charge in [-0.05, 0) is 38.3 Å². The van der Waals surface area contributed by atoms with Gasteiger partial charge >= 0.3 is 0 Å². The van der Waals surface area contributed by atoms with E-state index in [0.29, 0.717) is 5.96 Å². The van der Waals surface area contributed by atoms with Gasteiger partial charge in [0.2, 0.25) is 0 Å². The van der Waals surface area contributed by atoms with E-state index in [1.807, 2.05) is 6.92 Å². The van der Waals surface area contributed by atoms with Gasteiger partial charge in [-0.2, -0.15) is 0 Å². The average molecular weight is 539 g/mol. The molecule has 9 heteroatoms. The minimum absolute atomic E-state index is 0. The largest absolute Gasteiger partial charge is 0.378 e. The Morgan fingerprint density at radius 3 is 2.62 bits per heavy atom. The fraction of sp³-hybridized carbons (Fsp3) is 0.650. The van der Waals surface area contributed by atoms with Crippen molar-refractivity contribution in [2.75, 3.05) is 26.0 Å². The summed E-state index contributed by atoms with van der Waals surface area (Å²) in [5, 5.41) is 6.52. The molecule has 0 aromatic heterocycles. The molecule has 2 fully saturated rings. The van der Waals surface area contributed by atoms with Crippen LogP contribution < -0.4 is 10.6 Å². The Bertz CT molecular complexity index is 813. The fourth-order valence-corrected chi connectivity index (χ4v) is 5.80. The third kappa shape index (κ3) is 5.22. The summed E-state index contributed by atoms with van der Waals surface area (Å²) < 4.78 is 44.5. The smallest absolute Gasteiger partial charge is 0.191 e. The number of halogens is 2. The molecule has 0 aliphatic heterocycles. The van der Waals surface area contributed by atoms with Crippen molar-refractivity contribution in [3.8, 4) is 0 Å². The highest BCUT2D eigenvalue weighted by Crippen LogP contribution is 2.54. The van der Waals surface area contributed by atoms with Crippen LogP contribution in [-0.4, -0.2) is 52.5 Å². The van der Waals surface area contributed by atoms with E-state index in [-0.39, 0.29) is 58.7 Å². The third-order valence-corrected chi connectivity index (χ3v) is 7.80. The van der Waals surface area contributed by atoms with Crippen LogP contribution in [0.3, 0.4) is 0 Å². The van der Waals surface area contributed by atoms with Crippen LogP contribution in [0.25, 0.3) is 0 Å². The van der Waals surface area contributed by atoms with Crippen molar-refractivity contribution in [3.05, 3.63) is 30.1 Å². The monoisotopic (exact) mass is 539 g/mol. The molecular weight excluding hydrogens is 508 g/mol. The molecule has 2 atom stereocenters. The maximum absolute atomic E-state index is 13.8. The number of sulfone groups is 1. The Morgan fingerprint density at radius 1 is 1.31 bits per heavy atom. The number of nitrogens with one attached hydrogen (secondary N) is 2. The highest BCUT2D eigenvalue weighted by molar-refractivity contribution is 14.0. The highest BCUT2D eigenvalue weighted by atomic mass is 127. The molecule has 2 saturated carbocycles. The summed E-state index contributed by atoms with van der Waals surface area (Å²) in [5.41, 5.74) is 0.160. The molecular formula is C20H31FIN3O3S. The first-order valence-corrected chi connectivity index (χ1v) is 11.6. The lowest BCUT2D eigenvalue weighted by molar-refractivity contribution is -0.125. The minimum Gasteiger partial charge on any atom is -0.378 e. The van der Waals surface area contributed by atoms with Gasteiger partial charge in [-0.15, -0.1) is 24.0 Å². The van der Waals surface area contributed by atoms with Crippen LogP contribution in [0.2, 0.25) is 0 Å². The zero-order chi connectivity index (χ0) is 20.2. The first-order chi connectivity index (χ1) is 13.4. The van der Waals surface area contributed by atoms with Crippen LogP contribution in [0.4, 0.5) is 4.39 Å². The molecule has 1 spiro atoms. The lowest BCUT2D eigenvalue weighted by Crippen LogP contribution is -2.65. The molecule has 2 unspecified atom stereocenters. The van der Waals surface area contributed by atoms with Gasteiger partial charge in [0, 0.05) is 31.7 Å². The molecule has 3 rings (SSSR count). The molecule has 1 aromatic rings. The first-order valence-electron chi connectivity index (χ1n) is 9.99. The van der Waals surface area contributed by atoms with E-state index >= 15 is 0 Å². The van der Waals surface area contributed by atoms with E-state index in [2.05, 4.69) is 15.6 Å². The average Bonchev–Trinajstić information content (AvgIpc) is 3.19. The maximum Gasteiger partial charge on any atom is 0.191 e. The number of nitrogens with zero attached hydrogens (tertiary/aromatic N) is 1. The van der Waals surface area contributed by atoms with Crippen molar-refractivity contribution in [1.82, 2.24) is 10.6 Å². The van der Waals surface area contributed by atoms with Crippen molar-refractivity contribution in [3.63, 3.8) is 0 Å². The van der Waals surface area contributed by atoms with Crippen molar-refractivity contribution in [1.29, 1.82) is 0 Å². The molecule has 29 heavy (non-hydrogen) atoms. The van der Waals surface area contributed by atoms with E-state index in [0.717, 1.165) is 31.9 Å². The summed E-state index contributed by atoms with van der Waals surface area (Å²) in [5.74, 6) is -0.342. The maximum atomic E-state index is 13.8. The van der Waals surface area contributed by atoms with Gasteiger partial charge in [0.05, 0.1) is 11.9 Å². The van der Waals surface area contributed by atoms with Crippen molar-refractivity contribution < 1.29 is 17.5 Å². The Kier molecular flexibility index (Phi) is 8.72. The number of benzene rings is 1. The predicted octanol–water partition coefficient (Wildman–Crippen LogP) is 3.12. The summed E-state index contributed by atoms with van der Waals surface area (Å²) in [4.78, 5) is 3.97. The molecule has 0 heterocycles. The van der Waals surface area contributed by atoms with Crippen molar-refractivity contribution in [2.24, 2.45) is 10.4 Å². The molecule has 0 bridgehead atoms. The van der Waals surface area contributed by atoms with E-state index in [1.54, 1.807) is 7.05 Å². The van der Waals surface area contributed by atoms with E-state index in [9.17, 15) is 12.8 Å². The molecule has 2 N–H and O–H groups in total. The Hall–Kier alpha value is -0.940. The number of guanidine groups is 1. The molecule has 164 valence electrons. The molecule has 1 aromatic carbocycles. The number of hydrogen-bond donors (Lipinski definition) is 2. The van der Waals surface area contributed by atoms with Crippen LogP contribution >= 0.6 is 24.0 Å². The second kappa shape index (κ2) is 10.4. The molecule has 0 amide bonds. The SMILES string of the molecule is CCOC1CC(NC(=NC)NCCS(=O)(=O)c2ccccc2F)C12CCCC2.I. The summed E-state index contributed by atoms with van der Waals surface area (Å²) in [6.45, 7) is 2.91. The molecule has 2 aliphatic rings. The summed E-state index contributed by atoms with van der Waals surface area (Å²) in [7, 11) is -2.03. The lowest BCUT2D eigenvalue weighted by atomic mass is 9.60. The summed E-state index contributed by atoms with van der Waals surface area (Å²) >= 11 is 0. The Morgan fingerprint density at radius 2 is 2.00 bits per heavy atom. The number of aliphatic imine (C=N–C) groups is 1. The number of ether oxygens (including phenoxy) is 1. The highest BCUT2D eigenvalue weighted by Gasteiger charge is 2.56. The summed E-state index contributed by atoms with van der Waals surface area (Å²) in [6.07, 6.45) is 5.95. The quantitative estimate of drug-likeness (QED) is 0.316. The standard InChI is InChI=1S/C20H30FN3O3S.HI/c1-3-27-18-14-17(20(18)10-6-7-11-20)24-19(22-2)23-12-13-28(25,26)16-9-5-4-8-15(16)21;/h4-5,8-9,17-18H,3,6-7,10-14H2,1-2H3,(H2,22,23,24);1H. The van der Waals surface area contributed by atoms with Crippen LogP contribution in [0, 0.1) is 11.2 Å². The fourth-order valence-electron chi connectivity index (χ4n) is 4.56. The Balaban J connectivity index is 0.00000300. The second-order valence-corrected chi connectivity index (χ2v) is 9.64. The van der Waals surface area contributed by atoms with Gasteiger partial charge in [0.25, 0.3) is 0 Å². The van der Waals surface area contributed by atoms with Gasteiger partial charge in [0.1, 0.15) is 10.7 Å². The van der Waals surface area contributed by atoms with Crippen LogP contribution in [0.15, 0.2) is 34.2 Å². The summed E-state index contributed by atoms with van der Waals surface area (Å²) in [6, 6.07) is 5.74. The van der Waals surface area contributed by atoms with Crippen LogP contribution in [0.5, 0.6) is 0 Å². The topological polar surface area (TPSA) is 79.8 Å². The third-order valence-electron chi connectivity index (χ3n) is 6.06. The zero-order valence-corrected chi connectivity index (χ0v) is 20.1. The van der Waals surface area contributed by atoms with Crippen molar-refractivity contribution in [2.45, 2.75) is 56.1 Å². The normalized spacial score (nSPS) is 23.3. The molecule has 0 saturated heterocycles. The van der Waals surface area contributed by atoms with E-state index in [4.69, 9.17) is 4.74 Å². The van der Waals surface area contributed by atoms with Gasteiger partial charge in [0.15, 0.2) is 15.8 Å². The van der Waals surface area contributed by atoms with E-state index < -0.39 is 15.7 Å². The van der Waals surface area contributed by atoms with E-state index in [1.165, 1.54) is 31.0 Å². The molecule has 2 aliphatic carbocycles. The molecule has 0 radical (unpaired) electrons. The zero-order valence-electron chi connectivity index (χ0n) is 17.0. The van der Waals surface area contributed by atoms with Gasteiger partial charge in [-0.3, -0.25) is 4.99 Å². The van der Waals surface area contributed by atoms with Crippen LogP contribution in [-0.2, 0) is 14.6 Å². The minimum atomic E-state index is -3.69. The molecule has 6 nitrogen and oxygen atoms in total. The lowest BCUT2D eigenvalue weighted by Gasteiger charge is -2.54. The van der Waals surface area contributed by atoms with Gasteiger partial charge in [-0.1, -0.05) is 25.0 Å². The van der Waals surface area contributed by atoms with Gasteiger partial charge in [-0.25, -0.2) is 12.8 Å². The predicted molar refractivity (Wildman–Crippen MR) is 123 cm³/mol. The van der Waals surface area contributed by atoms with Gasteiger partial charge < -0.3 is 15.4 Å².